The van der Waals surface area contributed by atoms with E-state index in [-0.39, 0.29) is 12.5 Å². The van der Waals surface area contributed by atoms with Gasteiger partial charge in [0.15, 0.2) is 0 Å². The largest absolute Gasteiger partial charge is 0.394 e. The summed E-state index contributed by atoms with van der Waals surface area (Å²) in [5, 5.41) is 29.1. The molecule has 2 fully saturated rings. The zero-order chi connectivity index (χ0) is 11.2. The third kappa shape index (κ3) is 1.44. The van der Waals surface area contributed by atoms with E-state index in [1.54, 1.807) is 0 Å². The van der Waals surface area contributed by atoms with Crippen molar-refractivity contribution in [1.82, 2.24) is 5.06 Å². The fourth-order valence-electron chi connectivity index (χ4n) is 1.77. The molecule has 2 aliphatic heterocycles. The Hall–Kier alpha value is -0.730. The summed E-state index contributed by atoms with van der Waals surface area (Å²) < 4.78 is 5.09. The van der Waals surface area contributed by atoms with Crippen LogP contribution in [0.2, 0.25) is 0 Å². The highest BCUT2D eigenvalue weighted by Gasteiger charge is 2.67. The molecule has 1 amide bonds. The minimum Gasteiger partial charge on any atom is -0.394 e. The summed E-state index contributed by atoms with van der Waals surface area (Å²) in [6.07, 6.45) is -3.39. The van der Waals surface area contributed by atoms with Crippen molar-refractivity contribution in [2.75, 3.05) is 13.2 Å². The molecule has 15 heavy (non-hydrogen) atoms. The van der Waals surface area contributed by atoms with E-state index in [0.717, 1.165) is 5.06 Å². The Morgan fingerprint density at radius 1 is 1.60 bits per heavy atom. The highest BCUT2D eigenvalue weighted by Crippen LogP contribution is 2.43. The lowest BCUT2D eigenvalue weighted by Gasteiger charge is -2.34. The first-order valence-corrected chi connectivity index (χ1v) is 4.61. The first-order valence-electron chi connectivity index (χ1n) is 4.61. The monoisotopic (exact) mass is 219 g/mol. The van der Waals surface area contributed by atoms with Gasteiger partial charge in [-0.25, -0.2) is 4.84 Å². The maximum atomic E-state index is 11.0. The quantitative estimate of drug-likeness (QED) is 0.424. The topological polar surface area (TPSA) is 103 Å². The highest BCUT2D eigenvalue weighted by atomic mass is 16.9. The van der Waals surface area contributed by atoms with E-state index in [2.05, 4.69) is 0 Å². The predicted octanol–water partition coefficient (Wildman–Crippen LogP) is -2.41. The average Bonchev–Trinajstić information content (AvgIpc) is 2.91. The van der Waals surface area contributed by atoms with Crippen LogP contribution >= 0.6 is 0 Å². The third-order valence-corrected chi connectivity index (χ3v) is 2.70. The summed E-state index contributed by atoms with van der Waals surface area (Å²) in [6, 6.07) is 0. The van der Waals surface area contributed by atoms with Crippen molar-refractivity contribution >= 4 is 5.91 Å². The Morgan fingerprint density at radius 2 is 2.27 bits per heavy atom. The lowest BCUT2D eigenvalue weighted by molar-refractivity contribution is -0.183. The van der Waals surface area contributed by atoms with Gasteiger partial charge in [0, 0.05) is 6.92 Å². The van der Waals surface area contributed by atoms with Gasteiger partial charge in [-0.3, -0.25) is 4.79 Å². The van der Waals surface area contributed by atoms with Gasteiger partial charge in [-0.05, 0) is 0 Å². The molecule has 1 spiro atoms. The number of hydrogen-bond acceptors (Lipinski definition) is 6. The minimum atomic E-state index is -1.27. The second kappa shape index (κ2) is 3.39. The van der Waals surface area contributed by atoms with E-state index in [0.29, 0.717) is 0 Å². The maximum Gasteiger partial charge on any atom is 0.246 e. The van der Waals surface area contributed by atoms with E-state index in [1.807, 2.05) is 0 Å². The maximum absolute atomic E-state index is 11.0. The minimum absolute atomic E-state index is 0.0595. The van der Waals surface area contributed by atoms with Gasteiger partial charge in [0.05, 0.1) is 6.61 Å². The van der Waals surface area contributed by atoms with Gasteiger partial charge in [0.1, 0.15) is 24.9 Å². The fraction of sp³-hybridized carbons (Fsp3) is 0.875. The van der Waals surface area contributed by atoms with Crippen LogP contribution in [0.5, 0.6) is 0 Å². The number of ether oxygens (including phenoxy) is 1. The molecule has 0 aromatic heterocycles. The van der Waals surface area contributed by atoms with Crippen LogP contribution < -0.4 is 0 Å². The Bertz CT molecular complexity index is 284. The molecule has 0 saturated carbocycles. The van der Waals surface area contributed by atoms with Crippen LogP contribution in [0, 0.1) is 0 Å². The number of aliphatic hydroxyl groups excluding tert-OH is 3. The second-order valence-corrected chi connectivity index (χ2v) is 3.72. The molecule has 2 aliphatic rings. The van der Waals surface area contributed by atoms with E-state index in [9.17, 15) is 15.0 Å². The second-order valence-electron chi connectivity index (χ2n) is 3.72. The first-order chi connectivity index (χ1) is 7.03. The molecular formula is C8H13NO6. The normalized spacial score (nSPS) is 44.5. The molecule has 7 heteroatoms. The Kier molecular flexibility index (Phi) is 2.44. The fourth-order valence-corrected chi connectivity index (χ4v) is 1.77. The van der Waals surface area contributed by atoms with Crippen molar-refractivity contribution in [3.63, 3.8) is 0 Å². The zero-order valence-electron chi connectivity index (χ0n) is 8.16. The molecule has 3 N–H and O–H groups in total. The van der Waals surface area contributed by atoms with Crippen molar-refractivity contribution in [3.8, 4) is 0 Å². The number of nitrogens with zero attached hydrogens (tertiary/aromatic N) is 1. The van der Waals surface area contributed by atoms with Gasteiger partial charge < -0.3 is 20.1 Å². The molecule has 86 valence electrons. The molecule has 0 bridgehead atoms. The number of carbonyl (C=O) groups is 1. The smallest absolute Gasteiger partial charge is 0.246 e. The summed E-state index contributed by atoms with van der Waals surface area (Å²) in [7, 11) is 0. The Balaban J connectivity index is 2.10. The van der Waals surface area contributed by atoms with Gasteiger partial charge in [0.25, 0.3) is 0 Å². The zero-order valence-corrected chi connectivity index (χ0v) is 8.16. The van der Waals surface area contributed by atoms with Crippen LogP contribution in [-0.2, 0) is 14.4 Å². The Labute approximate surface area is 85.8 Å². The molecular weight excluding hydrogens is 206 g/mol. The van der Waals surface area contributed by atoms with Crippen molar-refractivity contribution < 1.29 is 29.7 Å². The van der Waals surface area contributed by atoms with Crippen molar-refractivity contribution in [3.05, 3.63) is 0 Å². The SMILES string of the molecule is CC(=O)N1O[C@@]12CO[C@H](CO)[C@@H](O)[C@@H]2O. The molecule has 2 heterocycles. The van der Waals surface area contributed by atoms with Crippen molar-refractivity contribution in [1.29, 1.82) is 0 Å². The molecule has 0 aromatic rings. The summed E-state index contributed by atoms with van der Waals surface area (Å²) >= 11 is 0. The van der Waals surface area contributed by atoms with Crippen molar-refractivity contribution in [2.45, 2.75) is 31.0 Å². The van der Waals surface area contributed by atoms with Gasteiger partial charge in [-0.1, -0.05) is 0 Å². The predicted molar refractivity (Wildman–Crippen MR) is 45.2 cm³/mol. The van der Waals surface area contributed by atoms with E-state index < -0.39 is 30.6 Å². The van der Waals surface area contributed by atoms with E-state index in [1.165, 1.54) is 6.92 Å². The van der Waals surface area contributed by atoms with Gasteiger partial charge in [-0.15, -0.1) is 0 Å². The third-order valence-electron chi connectivity index (χ3n) is 2.70. The number of amides is 1. The number of carbonyl (C=O) groups excluding carboxylic acids is 1. The number of hydroxylamine groups is 2. The average molecular weight is 219 g/mol. The molecule has 0 unspecified atom stereocenters. The summed E-state index contributed by atoms with van der Waals surface area (Å²) in [5.74, 6) is -0.368. The van der Waals surface area contributed by atoms with E-state index in [4.69, 9.17) is 14.7 Å². The molecule has 0 aliphatic carbocycles. The molecule has 7 nitrogen and oxygen atoms in total. The Morgan fingerprint density at radius 3 is 2.73 bits per heavy atom. The van der Waals surface area contributed by atoms with Crippen LogP contribution in [-0.4, -0.2) is 63.5 Å². The van der Waals surface area contributed by atoms with Crippen LogP contribution in [0.25, 0.3) is 0 Å². The summed E-state index contributed by atoms with van der Waals surface area (Å²) in [5.41, 5.74) is -1.27. The molecule has 0 radical (unpaired) electrons. The molecule has 2 rings (SSSR count). The highest BCUT2D eigenvalue weighted by molar-refractivity contribution is 5.74. The number of rotatable bonds is 1. The number of aliphatic hydroxyl groups is 3. The van der Waals surface area contributed by atoms with Gasteiger partial charge in [-0.2, -0.15) is 5.06 Å². The number of hydrogen-bond donors (Lipinski definition) is 3. The molecule has 4 atom stereocenters. The summed E-state index contributed by atoms with van der Waals surface area (Å²) in [6.45, 7) is 0.830. The first kappa shape index (κ1) is 10.8. The van der Waals surface area contributed by atoms with Crippen molar-refractivity contribution in [2.24, 2.45) is 0 Å². The van der Waals surface area contributed by atoms with Crippen LogP contribution in [0.4, 0.5) is 0 Å². The van der Waals surface area contributed by atoms with Gasteiger partial charge >= 0.3 is 0 Å². The molecule has 0 aromatic carbocycles. The summed E-state index contributed by atoms with van der Waals surface area (Å²) in [4.78, 5) is 15.9. The van der Waals surface area contributed by atoms with Crippen LogP contribution in [0.15, 0.2) is 0 Å². The lowest BCUT2D eigenvalue weighted by atomic mass is 9.97. The van der Waals surface area contributed by atoms with Gasteiger partial charge in [0.2, 0.25) is 11.6 Å². The van der Waals surface area contributed by atoms with Crippen LogP contribution in [0.3, 0.4) is 0 Å². The molecule has 2 saturated heterocycles. The van der Waals surface area contributed by atoms with E-state index >= 15 is 0 Å². The van der Waals surface area contributed by atoms with Crippen LogP contribution in [0.1, 0.15) is 6.92 Å². The lowest BCUT2D eigenvalue weighted by Crippen LogP contribution is -2.58. The standard InChI is InChI=1S/C8H13NO6/c1-4(11)9-8(15-9)3-14-5(2-10)6(12)7(8)13/h5-7,10,12-13H,2-3H2,1H3/t5-,6-,7+,8-,9?/m1/s1.